The van der Waals surface area contributed by atoms with Crippen molar-refractivity contribution in [2.24, 2.45) is 4.99 Å². The maximum Gasteiger partial charge on any atom is 0.350 e. The Kier molecular flexibility index (Phi) is 6.20. The van der Waals surface area contributed by atoms with E-state index in [2.05, 4.69) is 16.7 Å². The second-order valence-corrected chi connectivity index (χ2v) is 7.65. The lowest BCUT2D eigenvalue weighted by molar-refractivity contribution is 0.0532. The molecule has 0 aliphatic heterocycles. The van der Waals surface area contributed by atoms with E-state index in [1.54, 1.807) is 0 Å². The van der Waals surface area contributed by atoms with E-state index in [-0.39, 0.29) is 5.97 Å². The van der Waals surface area contributed by atoms with Crippen LogP contribution in [0.5, 0.6) is 0 Å². The molecular formula is C25H22N2O2S. The van der Waals surface area contributed by atoms with Crippen LogP contribution in [0.2, 0.25) is 0 Å². The Morgan fingerprint density at radius 1 is 0.900 bits per heavy atom. The molecule has 4 nitrogen and oxygen atoms in total. The van der Waals surface area contributed by atoms with Crippen molar-refractivity contribution in [2.75, 3.05) is 6.61 Å². The average Bonchev–Trinajstić information content (AvgIpc) is 3.14. The van der Waals surface area contributed by atoms with E-state index < -0.39 is 0 Å². The van der Waals surface area contributed by atoms with E-state index in [4.69, 9.17) is 9.73 Å². The third kappa shape index (κ3) is 4.42. The van der Waals surface area contributed by atoms with Crippen LogP contribution >= 0.6 is 11.3 Å². The fourth-order valence-corrected chi connectivity index (χ4v) is 4.31. The molecule has 5 heteroatoms. The average molecular weight is 415 g/mol. The largest absolute Gasteiger partial charge is 0.462 e. The predicted molar refractivity (Wildman–Crippen MR) is 121 cm³/mol. The smallest absolute Gasteiger partial charge is 0.350 e. The van der Waals surface area contributed by atoms with Gasteiger partial charge in [-0.25, -0.2) is 9.79 Å². The Morgan fingerprint density at radius 3 is 2.13 bits per heavy atom. The Labute approximate surface area is 179 Å². The van der Waals surface area contributed by atoms with Crippen molar-refractivity contribution in [3.63, 3.8) is 0 Å². The van der Waals surface area contributed by atoms with Gasteiger partial charge in [-0.15, -0.1) is 0 Å². The van der Waals surface area contributed by atoms with Crippen molar-refractivity contribution in [2.45, 2.75) is 13.5 Å². The number of hydrogen-bond acceptors (Lipinski definition) is 4. The third-order valence-corrected chi connectivity index (χ3v) is 5.64. The van der Waals surface area contributed by atoms with Gasteiger partial charge in [0.1, 0.15) is 4.88 Å². The molecule has 0 N–H and O–H groups in total. The van der Waals surface area contributed by atoms with Crippen LogP contribution in [0.1, 0.15) is 22.2 Å². The first-order chi connectivity index (χ1) is 14.8. The number of carbonyl (C=O) groups is 1. The first-order valence-corrected chi connectivity index (χ1v) is 10.7. The number of aromatic nitrogens is 1. The summed E-state index contributed by atoms with van der Waals surface area (Å²) < 4.78 is 7.48. The van der Waals surface area contributed by atoms with E-state index in [0.29, 0.717) is 18.0 Å². The number of thiazole rings is 1. The third-order valence-electron chi connectivity index (χ3n) is 4.58. The van der Waals surface area contributed by atoms with Gasteiger partial charge in [-0.05, 0) is 30.2 Å². The van der Waals surface area contributed by atoms with Crippen LogP contribution in [0, 0.1) is 0 Å². The van der Waals surface area contributed by atoms with Gasteiger partial charge < -0.3 is 9.30 Å². The summed E-state index contributed by atoms with van der Waals surface area (Å²) in [7, 11) is 0. The molecule has 0 saturated heterocycles. The van der Waals surface area contributed by atoms with E-state index in [1.807, 2.05) is 85.8 Å². The summed E-state index contributed by atoms with van der Waals surface area (Å²) in [5.74, 6) is -0.322. The summed E-state index contributed by atoms with van der Waals surface area (Å²) >= 11 is 1.36. The molecule has 30 heavy (non-hydrogen) atoms. The molecule has 0 unspecified atom stereocenters. The summed E-state index contributed by atoms with van der Waals surface area (Å²) in [4.78, 5) is 19.0. The highest BCUT2D eigenvalue weighted by atomic mass is 32.1. The quantitative estimate of drug-likeness (QED) is 0.381. The zero-order valence-electron chi connectivity index (χ0n) is 16.7. The van der Waals surface area contributed by atoms with Crippen LogP contribution in [0.25, 0.3) is 11.3 Å². The van der Waals surface area contributed by atoms with E-state index in [0.717, 1.165) is 27.3 Å². The minimum atomic E-state index is -0.322. The van der Waals surface area contributed by atoms with E-state index >= 15 is 0 Å². The fourth-order valence-electron chi connectivity index (χ4n) is 3.24. The fraction of sp³-hybridized carbons (Fsp3) is 0.120. The van der Waals surface area contributed by atoms with Crippen LogP contribution in [-0.4, -0.2) is 17.1 Å². The molecule has 150 valence electrons. The summed E-state index contributed by atoms with van der Waals surface area (Å²) in [5.41, 5.74) is 3.77. The second-order valence-electron chi connectivity index (χ2n) is 6.67. The van der Waals surface area contributed by atoms with Crippen molar-refractivity contribution >= 4 is 23.0 Å². The molecule has 0 amide bonds. The number of para-hydroxylation sites is 1. The molecule has 0 saturated carbocycles. The SMILES string of the molecule is CCOC(=O)c1sc(=Nc2ccccc2)n(Cc2ccccc2)c1-c1ccccc1. The number of carbonyl (C=O) groups excluding carboxylic acids is 1. The molecule has 0 radical (unpaired) electrons. The van der Waals surface area contributed by atoms with Gasteiger partial charge in [-0.1, -0.05) is 90.2 Å². The lowest BCUT2D eigenvalue weighted by atomic mass is 10.1. The Balaban J connectivity index is 1.97. The van der Waals surface area contributed by atoms with Gasteiger partial charge >= 0.3 is 5.97 Å². The molecular weight excluding hydrogens is 392 g/mol. The van der Waals surface area contributed by atoms with Crippen LogP contribution in [0.15, 0.2) is 96.0 Å². The maximum atomic E-state index is 12.8. The number of hydrogen-bond donors (Lipinski definition) is 0. The van der Waals surface area contributed by atoms with Crippen molar-refractivity contribution < 1.29 is 9.53 Å². The Bertz CT molecular complexity index is 1180. The molecule has 4 aromatic rings. The highest BCUT2D eigenvalue weighted by molar-refractivity contribution is 7.11. The summed E-state index contributed by atoms with van der Waals surface area (Å²) in [5, 5.41) is 0. The molecule has 0 spiro atoms. The standard InChI is InChI=1S/C25H22N2O2S/c1-2-29-24(28)23-22(20-14-8-4-9-15-20)27(18-19-12-6-3-7-13-19)25(30-23)26-21-16-10-5-11-17-21/h3-17H,2,18H2,1H3. The topological polar surface area (TPSA) is 43.6 Å². The van der Waals surface area contributed by atoms with Crippen LogP contribution in [0.3, 0.4) is 0 Å². The number of esters is 1. The first-order valence-electron chi connectivity index (χ1n) is 9.86. The van der Waals surface area contributed by atoms with E-state index in [9.17, 15) is 4.79 Å². The van der Waals surface area contributed by atoms with Gasteiger partial charge in [0.25, 0.3) is 0 Å². The maximum absolute atomic E-state index is 12.8. The number of benzene rings is 3. The molecule has 4 rings (SSSR count). The van der Waals surface area contributed by atoms with Crippen molar-refractivity contribution in [3.8, 4) is 11.3 Å². The van der Waals surface area contributed by atoms with Crippen molar-refractivity contribution in [1.82, 2.24) is 4.57 Å². The molecule has 1 heterocycles. The monoisotopic (exact) mass is 414 g/mol. The summed E-state index contributed by atoms with van der Waals surface area (Å²) in [6.45, 7) is 2.75. The lowest BCUT2D eigenvalue weighted by Crippen LogP contribution is -2.17. The Morgan fingerprint density at radius 2 is 1.50 bits per heavy atom. The molecule has 0 bridgehead atoms. The van der Waals surface area contributed by atoms with Gasteiger partial charge in [-0.2, -0.15) is 0 Å². The minimum Gasteiger partial charge on any atom is -0.462 e. The van der Waals surface area contributed by atoms with Gasteiger partial charge in [0.2, 0.25) is 0 Å². The minimum absolute atomic E-state index is 0.322. The highest BCUT2D eigenvalue weighted by Crippen LogP contribution is 2.28. The van der Waals surface area contributed by atoms with Crippen LogP contribution in [-0.2, 0) is 11.3 Å². The molecule has 0 fully saturated rings. The zero-order chi connectivity index (χ0) is 20.8. The molecule has 3 aromatic carbocycles. The normalized spacial score (nSPS) is 11.4. The number of rotatable bonds is 6. The zero-order valence-corrected chi connectivity index (χ0v) is 17.5. The first kappa shape index (κ1) is 19.9. The van der Waals surface area contributed by atoms with Crippen molar-refractivity contribution in [3.05, 3.63) is 106 Å². The number of nitrogens with zero attached hydrogens (tertiary/aromatic N) is 2. The molecule has 0 atom stereocenters. The van der Waals surface area contributed by atoms with Gasteiger partial charge in [0.05, 0.1) is 24.5 Å². The molecule has 0 aliphatic rings. The van der Waals surface area contributed by atoms with Gasteiger partial charge in [0, 0.05) is 0 Å². The summed E-state index contributed by atoms with van der Waals surface area (Å²) in [6, 6.07) is 29.9. The Hall–Kier alpha value is -3.44. The molecule has 0 aliphatic carbocycles. The van der Waals surface area contributed by atoms with Gasteiger partial charge in [0.15, 0.2) is 4.80 Å². The predicted octanol–water partition coefficient (Wildman–Crippen LogP) is 5.67. The van der Waals surface area contributed by atoms with Gasteiger partial charge in [-0.3, -0.25) is 0 Å². The second kappa shape index (κ2) is 9.37. The van der Waals surface area contributed by atoms with E-state index in [1.165, 1.54) is 11.3 Å². The summed E-state index contributed by atoms with van der Waals surface area (Å²) in [6.07, 6.45) is 0. The lowest BCUT2D eigenvalue weighted by Gasteiger charge is -2.11. The van der Waals surface area contributed by atoms with Crippen molar-refractivity contribution in [1.29, 1.82) is 0 Å². The van der Waals surface area contributed by atoms with Crippen LogP contribution in [0.4, 0.5) is 5.69 Å². The number of ether oxygens (including phenoxy) is 1. The highest BCUT2D eigenvalue weighted by Gasteiger charge is 2.22. The van der Waals surface area contributed by atoms with Crippen LogP contribution < -0.4 is 4.80 Å². The molecule has 1 aromatic heterocycles.